The van der Waals surface area contributed by atoms with Gasteiger partial charge in [-0.05, 0) is 12.1 Å². The molecule has 0 fully saturated rings. The number of halogens is 3. The van der Waals surface area contributed by atoms with E-state index in [4.69, 9.17) is 9.52 Å². The van der Waals surface area contributed by atoms with Crippen molar-refractivity contribution < 1.29 is 27.8 Å². The topological polar surface area (TPSA) is 65.6 Å². The highest BCUT2D eigenvalue weighted by atomic mass is 19.4. The quantitative estimate of drug-likeness (QED) is 0.712. The molecule has 1 heterocycles. The predicted octanol–water partition coefficient (Wildman–Crippen LogP) is 0.826. The van der Waals surface area contributed by atoms with Crippen LogP contribution in [0, 0.1) is 0 Å². The van der Waals surface area contributed by atoms with Gasteiger partial charge in [0, 0.05) is 13.1 Å². The van der Waals surface area contributed by atoms with Crippen molar-refractivity contribution in [1.82, 2.24) is 5.32 Å². The van der Waals surface area contributed by atoms with E-state index in [-0.39, 0.29) is 12.3 Å². The Morgan fingerprint density at radius 3 is 2.50 bits per heavy atom. The van der Waals surface area contributed by atoms with Gasteiger partial charge in [-0.2, -0.15) is 13.2 Å². The number of nitrogens with one attached hydrogen (secondary N) is 1. The maximum absolute atomic E-state index is 11.9. The summed E-state index contributed by atoms with van der Waals surface area (Å²) in [5.41, 5.74) is 0. The first-order valence-electron chi connectivity index (χ1n) is 4.58. The van der Waals surface area contributed by atoms with Crippen molar-refractivity contribution in [2.75, 3.05) is 13.1 Å². The molecule has 0 spiro atoms. The van der Waals surface area contributed by atoms with E-state index in [1.807, 2.05) is 0 Å². The highest BCUT2D eigenvalue weighted by molar-refractivity contribution is 5.02. The van der Waals surface area contributed by atoms with Crippen molar-refractivity contribution in [3.05, 3.63) is 24.2 Å². The van der Waals surface area contributed by atoms with Gasteiger partial charge in [-0.15, -0.1) is 0 Å². The van der Waals surface area contributed by atoms with E-state index in [2.05, 4.69) is 5.32 Å². The molecular weight excluding hydrogens is 227 g/mol. The van der Waals surface area contributed by atoms with Crippen LogP contribution in [0.2, 0.25) is 0 Å². The van der Waals surface area contributed by atoms with Gasteiger partial charge < -0.3 is 19.9 Å². The molecule has 1 rings (SSSR count). The first-order valence-corrected chi connectivity index (χ1v) is 4.58. The molecule has 2 unspecified atom stereocenters. The summed E-state index contributed by atoms with van der Waals surface area (Å²) in [6.07, 6.45) is -6.77. The predicted molar refractivity (Wildman–Crippen MR) is 48.6 cm³/mol. The van der Waals surface area contributed by atoms with Crippen LogP contribution in [0.4, 0.5) is 13.2 Å². The summed E-state index contributed by atoms with van der Waals surface area (Å²) >= 11 is 0. The van der Waals surface area contributed by atoms with E-state index in [0.717, 1.165) is 0 Å². The third-order valence-electron chi connectivity index (χ3n) is 1.92. The molecule has 1 aromatic rings. The molecule has 0 saturated carbocycles. The highest BCUT2D eigenvalue weighted by Gasteiger charge is 2.37. The summed E-state index contributed by atoms with van der Waals surface area (Å²) in [4.78, 5) is 0. The van der Waals surface area contributed by atoms with Crippen LogP contribution in [-0.4, -0.2) is 35.6 Å². The fourth-order valence-electron chi connectivity index (χ4n) is 1.05. The molecule has 92 valence electrons. The first-order chi connectivity index (χ1) is 7.41. The maximum atomic E-state index is 11.9. The molecule has 0 amide bonds. The van der Waals surface area contributed by atoms with Gasteiger partial charge in [0.15, 0.2) is 6.10 Å². The standard InChI is InChI=1S/C9H12F3NO3/c10-9(11,12)8(15)5-13-4-6(14)7-2-1-3-16-7/h1-3,6,8,13-15H,4-5H2. The van der Waals surface area contributed by atoms with Crippen molar-refractivity contribution in [3.63, 3.8) is 0 Å². The van der Waals surface area contributed by atoms with E-state index in [9.17, 15) is 18.3 Å². The van der Waals surface area contributed by atoms with Gasteiger partial charge in [0.25, 0.3) is 0 Å². The van der Waals surface area contributed by atoms with Crippen LogP contribution in [0.5, 0.6) is 0 Å². The van der Waals surface area contributed by atoms with Crippen LogP contribution in [0.25, 0.3) is 0 Å². The lowest BCUT2D eigenvalue weighted by atomic mass is 10.2. The van der Waals surface area contributed by atoms with Crippen LogP contribution in [-0.2, 0) is 0 Å². The van der Waals surface area contributed by atoms with Crippen LogP contribution >= 0.6 is 0 Å². The highest BCUT2D eigenvalue weighted by Crippen LogP contribution is 2.19. The summed E-state index contributed by atoms with van der Waals surface area (Å²) < 4.78 is 40.5. The summed E-state index contributed by atoms with van der Waals surface area (Å²) in [5, 5.41) is 20.3. The zero-order valence-corrected chi connectivity index (χ0v) is 8.24. The average molecular weight is 239 g/mol. The molecule has 16 heavy (non-hydrogen) atoms. The van der Waals surface area contributed by atoms with E-state index >= 15 is 0 Å². The Kier molecular flexibility index (Phi) is 4.34. The smallest absolute Gasteiger partial charge is 0.415 e. The summed E-state index contributed by atoms with van der Waals surface area (Å²) in [7, 11) is 0. The Balaban J connectivity index is 2.26. The van der Waals surface area contributed by atoms with Crippen LogP contribution < -0.4 is 5.32 Å². The van der Waals surface area contributed by atoms with Gasteiger partial charge in [0.2, 0.25) is 0 Å². The summed E-state index contributed by atoms with van der Waals surface area (Å²) in [6.45, 7) is -0.790. The Morgan fingerprint density at radius 2 is 2.00 bits per heavy atom. The van der Waals surface area contributed by atoms with Crippen LogP contribution in [0.3, 0.4) is 0 Å². The van der Waals surface area contributed by atoms with Gasteiger partial charge in [-0.25, -0.2) is 0 Å². The van der Waals surface area contributed by atoms with Crippen molar-refractivity contribution >= 4 is 0 Å². The maximum Gasteiger partial charge on any atom is 0.415 e. The van der Waals surface area contributed by atoms with Crippen molar-refractivity contribution in [3.8, 4) is 0 Å². The van der Waals surface area contributed by atoms with E-state index < -0.39 is 24.9 Å². The fourth-order valence-corrected chi connectivity index (χ4v) is 1.05. The zero-order valence-electron chi connectivity index (χ0n) is 8.24. The minimum atomic E-state index is -4.65. The molecule has 0 aromatic carbocycles. The van der Waals surface area contributed by atoms with Gasteiger partial charge in [-0.3, -0.25) is 0 Å². The normalized spacial score (nSPS) is 16.1. The lowest BCUT2D eigenvalue weighted by Crippen LogP contribution is -2.39. The minimum absolute atomic E-state index is 0.124. The van der Waals surface area contributed by atoms with Crippen LogP contribution in [0.15, 0.2) is 22.8 Å². The Bertz CT molecular complexity index is 299. The fraction of sp³-hybridized carbons (Fsp3) is 0.556. The number of hydrogen-bond acceptors (Lipinski definition) is 4. The SMILES string of the molecule is OC(CNCC(O)C(F)(F)F)c1ccco1. The number of furan rings is 1. The number of aliphatic hydroxyl groups is 2. The third kappa shape index (κ3) is 3.84. The minimum Gasteiger partial charge on any atom is -0.467 e. The molecule has 1 aromatic heterocycles. The molecule has 0 aliphatic heterocycles. The first kappa shape index (κ1) is 13.0. The van der Waals surface area contributed by atoms with Crippen molar-refractivity contribution in [2.45, 2.75) is 18.4 Å². The Labute approximate surface area is 89.7 Å². The number of rotatable bonds is 5. The van der Waals surface area contributed by atoms with Crippen molar-refractivity contribution in [1.29, 1.82) is 0 Å². The molecule has 4 nitrogen and oxygen atoms in total. The number of hydrogen-bond donors (Lipinski definition) is 3. The number of aliphatic hydroxyl groups excluding tert-OH is 2. The average Bonchev–Trinajstić information content (AvgIpc) is 2.68. The van der Waals surface area contributed by atoms with Crippen LogP contribution in [0.1, 0.15) is 11.9 Å². The summed E-state index contributed by atoms with van der Waals surface area (Å²) in [6, 6.07) is 3.07. The summed E-state index contributed by atoms with van der Waals surface area (Å²) in [5.74, 6) is 0.258. The molecule has 3 N–H and O–H groups in total. The van der Waals surface area contributed by atoms with Gasteiger partial charge in [0.05, 0.1) is 6.26 Å². The lowest BCUT2D eigenvalue weighted by molar-refractivity contribution is -0.202. The van der Waals surface area contributed by atoms with E-state index in [1.165, 1.54) is 12.3 Å². The molecule has 0 saturated heterocycles. The molecule has 0 aliphatic rings. The van der Waals surface area contributed by atoms with E-state index in [1.54, 1.807) is 6.07 Å². The third-order valence-corrected chi connectivity index (χ3v) is 1.92. The molecule has 0 aliphatic carbocycles. The second-order valence-electron chi connectivity index (χ2n) is 3.25. The number of alkyl halides is 3. The Hall–Kier alpha value is -1.05. The Morgan fingerprint density at radius 1 is 1.31 bits per heavy atom. The van der Waals surface area contributed by atoms with E-state index in [0.29, 0.717) is 0 Å². The lowest BCUT2D eigenvalue weighted by Gasteiger charge is -2.16. The zero-order chi connectivity index (χ0) is 12.2. The van der Waals surface area contributed by atoms with Gasteiger partial charge >= 0.3 is 6.18 Å². The molecular formula is C9H12F3NO3. The second-order valence-corrected chi connectivity index (χ2v) is 3.25. The largest absolute Gasteiger partial charge is 0.467 e. The molecule has 0 radical (unpaired) electrons. The molecule has 2 atom stereocenters. The van der Waals surface area contributed by atoms with Gasteiger partial charge in [-0.1, -0.05) is 0 Å². The molecule has 7 heteroatoms. The second kappa shape index (κ2) is 5.33. The van der Waals surface area contributed by atoms with Crippen molar-refractivity contribution in [2.24, 2.45) is 0 Å². The monoisotopic (exact) mass is 239 g/mol. The molecule has 0 bridgehead atoms. The van der Waals surface area contributed by atoms with Gasteiger partial charge in [0.1, 0.15) is 11.9 Å².